The van der Waals surface area contributed by atoms with Gasteiger partial charge in [-0.15, -0.1) is 0 Å². The molecule has 0 saturated carbocycles. The number of hydrogen-bond acceptors (Lipinski definition) is 2. The Hall–Kier alpha value is -0.860. The second-order valence-electron chi connectivity index (χ2n) is 6.31. The number of hydrogen-bond donors (Lipinski definition) is 1. The molecule has 1 aliphatic heterocycles. The maximum Gasteiger partial charge on any atom is 0.0475 e. The Balaban J connectivity index is 2.15. The van der Waals surface area contributed by atoms with Gasteiger partial charge in [-0.05, 0) is 58.7 Å². The third-order valence-corrected chi connectivity index (χ3v) is 4.66. The molecule has 1 heterocycles. The van der Waals surface area contributed by atoms with Gasteiger partial charge in [0.25, 0.3) is 0 Å². The highest BCUT2D eigenvalue weighted by atomic mass is 15.2. The Bertz CT molecular complexity index is 398. The highest BCUT2D eigenvalue weighted by Gasteiger charge is 2.30. The van der Waals surface area contributed by atoms with Gasteiger partial charge in [0.05, 0.1) is 0 Å². The fraction of sp³-hybridized carbons (Fsp3) is 0.667. The summed E-state index contributed by atoms with van der Waals surface area (Å²) in [6.45, 7) is 11.5. The zero-order chi connectivity index (χ0) is 14.5. The summed E-state index contributed by atoms with van der Waals surface area (Å²) in [5.74, 6) is 0. The molecule has 2 nitrogen and oxygen atoms in total. The molecule has 3 unspecified atom stereocenters. The van der Waals surface area contributed by atoms with Crippen molar-refractivity contribution in [2.24, 2.45) is 0 Å². The van der Waals surface area contributed by atoms with Crippen LogP contribution in [0.1, 0.15) is 57.2 Å². The first-order valence-electron chi connectivity index (χ1n) is 8.19. The molecule has 0 amide bonds. The van der Waals surface area contributed by atoms with Crippen molar-refractivity contribution in [1.82, 2.24) is 10.2 Å². The summed E-state index contributed by atoms with van der Waals surface area (Å²) in [6.07, 6.45) is 3.88. The average molecular weight is 274 g/mol. The molecule has 1 aromatic rings. The first kappa shape index (κ1) is 15.5. The quantitative estimate of drug-likeness (QED) is 0.846. The Morgan fingerprint density at radius 2 is 2.00 bits per heavy atom. The van der Waals surface area contributed by atoms with Crippen LogP contribution in [0.3, 0.4) is 0 Å². The molecule has 20 heavy (non-hydrogen) atoms. The van der Waals surface area contributed by atoms with E-state index in [1.807, 2.05) is 0 Å². The summed E-state index contributed by atoms with van der Waals surface area (Å²) in [4.78, 5) is 2.67. The van der Waals surface area contributed by atoms with Crippen LogP contribution in [0, 0.1) is 6.92 Å². The van der Waals surface area contributed by atoms with Crippen LogP contribution in [0.2, 0.25) is 0 Å². The largest absolute Gasteiger partial charge is 0.309 e. The van der Waals surface area contributed by atoms with Crippen LogP contribution in [0.15, 0.2) is 24.3 Å². The summed E-state index contributed by atoms with van der Waals surface area (Å²) < 4.78 is 0. The van der Waals surface area contributed by atoms with E-state index >= 15 is 0 Å². The van der Waals surface area contributed by atoms with Gasteiger partial charge in [-0.25, -0.2) is 0 Å². The Morgan fingerprint density at radius 3 is 2.55 bits per heavy atom. The standard InChI is InChI=1S/C18H30N2/c1-5-12-19-18(17-10-8-14(2)9-11-17)16(4)20-13-6-7-15(20)3/h8-11,15-16,18-19H,5-7,12-13H2,1-4H3. The van der Waals surface area contributed by atoms with Gasteiger partial charge in [0.1, 0.15) is 0 Å². The van der Waals surface area contributed by atoms with Crippen molar-refractivity contribution in [3.05, 3.63) is 35.4 Å². The summed E-state index contributed by atoms with van der Waals surface area (Å²) in [5, 5.41) is 3.76. The van der Waals surface area contributed by atoms with Crippen LogP contribution >= 0.6 is 0 Å². The van der Waals surface area contributed by atoms with Crippen LogP contribution < -0.4 is 5.32 Å². The molecule has 0 aliphatic carbocycles. The molecule has 2 rings (SSSR count). The summed E-state index contributed by atoms with van der Waals surface area (Å²) in [6, 6.07) is 10.8. The van der Waals surface area contributed by atoms with Crippen molar-refractivity contribution < 1.29 is 0 Å². The molecule has 0 spiro atoms. The van der Waals surface area contributed by atoms with Gasteiger partial charge in [-0.2, -0.15) is 0 Å². The van der Waals surface area contributed by atoms with Gasteiger partial charge in [-0.1, -0.05) is 36.8 Å². The maximum absolute atomic E-state index is 3.76. The molecule has 1 saturated heterocycles. The lowest BCUT2D eigenvalue weighted by Gasteiger charge is -2.35. The molecule has 0 aromatic heterocycles. The molecule has 1 N–H and O–H groups in total. The van der Waals surface area contributed by atoms with Gasteiger partial charge in [0.15, 0.2) is 0 Å². The Labute approximate surface area is 124 Å². The lowest BCUT2D eigenvalue weighted by molar-refractivity contribution is 0.163. The Morgan fingerprint density at radius 1 is 1.30 bits per heavy atom. The zero-order valence-corrected chi connectivity index (χ0v) is 13.5. The molecule has 1 fully saturated rings. The molecule has 1 aromatic carbocycles. The first-order chi connectivity index (χ1) is 9.63. The van der Waals surface area contributed by atoms with E-state index in [1.165, 1.54) is 36.9 Å². The number of rotatable bonds is 6. The van der Waals surface area contributed by atoms with Crippen LogP contribution in [-0.4, -0.2) is 30.1 Å². The number of nitrogens with one attached hydrogen (secondary N) is 1. The molecule has 3 atom stereocenters. The van der Waals surface area contributed by atoms with E-state index in [4.69, 9.17) is 0 Å². The molecule has 0 bridgehead atoms. The van der Waals surface area contributed by atoms with E-state index in [1.54, 1.807) is 0 Å². The molecule has 2 heteroatoms. The van der Waals surface area contributed by atoms with Crippen LogP contribution in [-0.2, 0) is 0 Å². The number of likely N-dealkylation sites (tertiary alicyclic amines) is 1. The highest BCUT2D eigenvalue weighted by molar-refractivity contribution is 5.25. The van der Waals surface area contributed by atoms with E-state index in [9.17, 15) is 0 Å². The number of benzene rings is 1. The van der Waals surface area contributed by atoms with Crippen molar-refractivity contribution >= 4 is 0 Å². The van der Waals surface area contributed by atoms with E-state index < -0.39 is 0 Å². The van der Waals surface area contributed by atoms with Crippen molar-refractivity contribution in [1.29, 1.82) is 0 Å². The van der Waals surface area contributed by atoms with Crippen LogP contribution in [0.5, 0.6) is 0 Å². The van der Waals surface area contributed by atoms with Crippen molar-refractivity contribution in [2.75, 3.05) is 13.1 Å². The lowest BCUT2D eigenvalue weighted by Crippen LogP contribution is -2.44. The maximum atomic E-state index is 3.76. The minimum absolute atomic E-state index is 0.441. The normalized spacial score (nSPS) is 22.9. The summed E-state index contributed by atoms with van der Waals surface area (Å²) in [5.41, 5.74) is 2.76. The zero-order valence-electron chi connectivity index (χ0n) is 13.5. The van der Waals surface area contributed by atoms with Crippen molar-refractivity contribution in [2.45, 2.75) is 65.1 Å². The molecule has 0 radical (unpaired) electrons. The highest BCUT2D eigenvalue weighted by Crippen LogP contribution is 2.27. The predicted molar refractivity (Wildman–Crippen MR) is 87.1 cm³/mol. The van der Waals surface area contributed by atoms with Gasteiger partial charge < -0.3 is 5.32 Å². The third-order valence-electron chi connectivity index (χ3n) is 4.66. The van der Waals surface area contributed by atoms with Gasteiger partial charge in [0.2, 0.25) is 0 Å². The minimum Gasteiger partial charge on any atom is -0.309 e. The van der Waals surface area contributed by atoms with Gasteiger partial charge in [0, 0.05) is 18.1 Å². The van der Waals surface area contributed by atoms with E-state index in [0.717, 1.165) is 12.6 Å². The summed E-state index contributed by atoms with van der Waals surface area (Å²) >= 11 is 0. The predicted octanol–water partition coefficient (Wildman–Crippen LogP) is 3.91. The van der Waals surface area contributed by atoms with Gasteiger partial charge >= 0.3 is 0 Å². The molecule has 112 valence electrons. The molecular weight excluding hydrogens is 244 g/mol. The lowest BCUT2D eigenvalue weighted by atomic mass is 9.97. The van der Waals surface area contributed by atoms with Crippen LogP contribution in [0.4, 0.5) is 0 Å². The molecule has 1 aliphatic rings. The fourth-order valence-electron chi connectivity index (χ4n) is 3.39. The average Bonchev–Trinajstić information content (AvgIpc) is 2.87. The second-order valence-corrected chi connectivity index (χ2v) is 6.31. The topological polar surface area (TPSA) is 15.3 Å². The van der Waals surface area contributed by atoms with Gasteiger partial charge in [-0.3, -0.25) is 4.90 Å². The summed E-state index contributed by atoms with van der Waals surface area (Å²) in [7, 11) is 0. The minimum atomic E-state index is 0.441. The second kappa shape index (κ2) is 7.24. The van der Waals surface area contributed by atoms with E-state index in [0.29, 0.717) is 12.1 Å². The van der Waals surface area contributed by atoms with E-state index in [2.05, 4.69) is 62.2 Å². The monoisotopic (exact) mass is 274 g/mol. The van der Waals surface area contributed by atoms with E-state index in [-0.39, 0.29) is 0 Å². The van der Waals surface area contributed by atoms with Crippen molar-refractivity contribution in [3.63, 3.8) is 0 Å². The number of aryl methyl sites for hydroxylation is 1. The van der Waals surface area contributed by atoms with Crippen LogP contribution in [0.25, 0.3) is 0 Å². The third kappa shape index (κ3) is 3.62. The molecular formula is C18H30N2. The fourth-order valence-corrected chi connectivity index (χ4v) is 3.39. The Kier molecular flexibility index (Phi) is 5.62. The SMILES string of the molecule is CCCNC(c1ccc(C)cc1)C(C)N1CCCC1C. The first-order valence-corrected chi connectivity index (χ1v) is 8.19. The van der Waals surface area contributed by atoms with Crippen molar-refractivity contribution in [3.8, 4) is 0 Å². The number of nitrogens with zero attached hydrogens (tertiary/aromatic N) is 1. The smallest absolute Gasteiger partial charge is 0.0475 e.